The highest BCUT2D eigenvalue weighted by atomic mass is 16.3. The van der Waals surface area contributed by atoms with Crippen molar-refractivity contribution in [3.8, 4) is 0 Å². The number of rotatable bonds is 0. The van der Waals surface area contributed by atoms with Crippen LogP contribution < -0.4 is 0 Å². The number of ketones is 1. The SMILES string of the molecule is BC1C(=O)C=C1O. The standard InChI is InChI=1S/C4H5BO2/c5-4-2(6)1-3(4)7/h1,4,6H,5H2. The lowest BCUT2D eigenvalue weighted by Gasteiger charge is -2.14. The number of aliphatic hydroxyl groups is 1. The summed E-state index contributed by atoms with van der Waals surface area (Å²) in [6.45, 7) is 0. The van der Waals surface area contributed by atoms with E-state index >= 15 is 0 Å². The predicted octanol–water partition coefficient (Wildman–Crippen LogP) is -0.567. The molecule has 1 atom stereocenters. The van der Waals surface area contributed by atoms with Gasteiger partial charge in [0, 0.05) is 11.9 Å². The van der Waals surface area contributed by atoms with Crippen LogP contribution in [0.25, 0.3) is 0 Å². The van der Waals surface area contributed by atoms with Crippen molar-refractivity contribution in [2.45, 2.75) is 5.82 Å². The molecule has 2 nitrogen and oxygen atoms in total. The second-order valence-corrected chi connectivity index (χ2v) is 1.69. The molecule has 0 saturated carbocycles. The summed E-state index contributed by atoms with van der Waals surface area (Å²) in [6.07, 6.45) is 1.24. The Morgan fingerprint density at radius 1 is 1.86 bits per heavy atom. The van der Waals surface area contributed by atoms with Crippen molar-refractivity contribution in [1.82, 2.24) is 0 Å². The van der Waals surface area contributed by atoms with Gasteiger partial charge >= 0.3 is 0 Å². The van der Waals surface area contributed by atoms with Crippen LogP contribution in [0.3, 0.4) is 0 Å². The van der Waals surface area contributed by atoms with E-state index in [1.807, 2.05) is 0 Å². The van der Waals surface area contributed by atoms with Crippen molar-refractivity contribution in [1.29, 1.82) is 0 Å². The zero-order chi connectivity index (χ0) is 5.44. The number of hydrogen-bond acceptors (Lipinski definition) is 2. The maximum absolute atomic E-state index is 10.2. The first-order valence-electron chi connectivity index (χ1n) is 2.16. The first kappa shape index (κ1) is 4.43. The minimum absolute atomic E-state index is 0.0255. The first-order chi connectivity index (χ1) is 3.22. The fourth-order valence-corrected chi connectivity index (χ4v) is 0.445. The number of carbonyl (C=O) groups is 1. The molecule has 0 bridgehead atoms. The fourth-order valence-electron chi connectivity index (χ4n) is 0.445. The van der Waals surface area contributed by atoms with Gasteiger partial charge in [-0.3, -0.25) is 4.79 Å². The second kappa shape index (κ2) is 1.12. The summed E-state index contributed by atoms with van der Waals surface area (Å²) in [5.74, 6) is 0.0162. The van der Waals surface area contributed by atoms with Crippen molar-refractivity contribution < 1.29 is 9.90 Å². The summed E-state index contributed by atoms with van der Waals surface area (Å²) in [5, 5.41) is 8.53. The van der Waals surface area contributed by atoms with Gasteiger partial charge < -0.3 is 5.11 Å². The molecule has 1 unspecified atom stereocenters. The molecule has 1 N–H and O–H groups in total. The fraction of sp³-hybridized carbons (Fsp3) is 0.250. The summed E-state index contributed by atoms with van der Waals surface area (Å²) < 4.78 is 0. The Labute approximate surface area is 42.2 Å². The van der Waals surface area contributed by atoms with Gasteiger partial charge in [-0.15, -0.1) is 0 Å². The van der Waals surface area contributed by atoms with E-state index in [4.69, 9.17) is 5.11 Å². The molecule has 0 amide bonds. The number of aliphatic hydroxyl groups excluding tert-OH is 1. The molecule has 0 spiro atoms. The summed E-state index contributed by atoms with van der Waals surface area (Å²) in [5.41, 5.74) is 0. The van der Waals surface area contributed by atoms with Crippen LogP contribution in [-0.2, 0) is 4.79 Å². The van der Waals surface area contributed by atoms with Crippen LogP contribution in [0.4, 0.5) is 0 Å². The Bertz CT molecular complexity index is 139. The molecule has 1 rings (SSSR count). The van der Waals surface area contributed by atoms with Gasteiger partial charge in [-0.1, -0.05) is 0 Å². The van der Waals surface area contributed by atoms with Crippen LogP contribution in [0.1, 0.15) is 0 Å². The monoisotopic (exact) mass is 96.0 g/mol. The van der Waals surface area contributed by atoms with Crippen molar-refractivity contribution in [2.24, 2.45) is 0 Å². The maximum Gasteiger partial charge on any atom is 0.161 e. The highest BCUT2D eigenvalue weighted by Gasteiger charge is 2.24. The molecule has 36 valence electrons. The summed E-state index contributed by atoms with van der Waals surface area (Å²) in [6, 6.07) is 0. The van der Waals surface area contributed by atoms with E-state index in [2.05, 4.69) is 0 Å². The topological polar surface area (TPSA) is 37.3 Å². The van der Waals surface area contributed by atoms with Gasteiger partial charge in [0.1, 0.15) is 7.85 Å². The van der Waals surface area contributed by atoms with Crippen LogP contribution in [-0.4, -0.2) is 18.7 Å². The van der Waals surface area contributed by atoms with Crippen LogP contribution in [0, 0.1) is 0 Å². The maximum atomic E-state index is 10.2. The lowest BCUT2D eigenvalue weighted by Crippen LogP contribution is -2.18. The Morgan fingerprint density at radius 3 is 2.43 bits per heavy atom. The summed E-state index contributed by atoms with van der Waals surface area (Å²) in [7, 11) is 1.68. The van der Waals surface area contributed by atoms with E-state index in [1.165, 1.54) is 6.08 Å². The zero-order valence-electron chi connectivity index (χ0n) is 4.01. The molecule has 0 radical (unpaired) electrons. The third-order valence-electron chi connectivity index (χ3n) is 1.16. The molecule has 1 aliphatic carbocycles. The average Bonchev–Trinajstić information content (AvgIpc) is 1.68. The highest BCUT2D eigenvalue weighted by molar-refractivity contribution is 6.32. The van der Waals surface area contributed by atoms with Crippen molar-refractivity contribution >= 4 is 13.6 Å². The van der Waals surface area contributed by atoms with E-state index in [0.29, 0.717) is 0 Å². The van der Waals surface area contributed by atoms with Gasteiger partial charge in [0.25, 0.3) is 0 Å². The molecule has 0 aliphatic heterocycles. The smallest absolute Gasteiger partial charge is 0.161 e. The van der Waals surface area contributed by atoms with Crippen LogP contribution in [0.2, 0.25) is 5.82 Å². The molecule has 7 heavy (non-hydrogen) atoms. The molecule has 1 aliphatic rings. The van der Waals surface area contributed by atoms with Gasteiger partial charge in [0.2, 0.25) is 0 Å². The van der Waals surface area contributed by atoms with E-state index in [-0.39, 0.29) is 17.4 Å². The lowest BCUT2D eigenvalue weighted by molar-refractivity contribution is -0.116. The molecule has 0 aromatic heterocycles. The van der Waals surface area contributed by atoms with E-state index in [0.717, 1.165) is 0 Å². The Morgan fingerprint density at radius 2 is 2.43 bits per heavy atom. The Hall–Kier alpha value is -0.725. The number of allylic oxidation sites excluding steroid dienone is 2. The second-order valence-electron chi connectivity index (χ2n) is 1.69. The molecule has 0 aromatic rings. The number of carbonyl (C=O) groups excluding carboxylic acids is 1. The van der Waals surface area contributed by atoms with E-state index in [9.17, 15) is 4.79 Å². The minimum atomic E-state index is -0.222. The van der Waals surface area contributed by atoms with Crippen LogP contribution in [0.15, 0.2) is 11.8 Å². The third-order valence-corrected chi connectivity index (χ3v) is 1.16. The normalized spacial score (nSPS) is 28.9. The van der Waals surface area contributed by atoms with Crippen LogP contribution in [0.5, 0.6) is 0 Å². The van der Waals surface area contributed by atoms with E-state index in [1.54, 1.807) is 7.85 Å². The molecule has 0 saturated heterocycles. The largest absolute Gasteiger partial charge is 0.512 e. The quantitative estimate of drug-likeness (QED) is 0.410. The van der Waals surface area contributed by atoms with Crippen LogP contribution >= 0.6 is 0 Å². The zero-order valence-corrected chi connectivity index (χ0v) is 4.01. The van der Waals surface area contributed by atoms with E-state index < -0.39 is 0 Å². The molecule has 3 heteroatoms. The van der Waals surface area contributed by atoms with Crippen molar-refractivity contribution in [3.63, 3.8) is 0 Å². The van der Waals surface area contributed by atoms with Crippen molar-refractivity contribution in [2.75, 3.05) is 0 Å². The lowest BCUT2D eigenvalue weighted by atomic mass is 9.74. The molecule has 0 aromatic carbocycles. The molecular weight excluding hydrogens is 90.9 g/mol. The van der Waals surface area contributed by atoms with Gasteiger partial charge in [0.05, 0.1) is 5.76 Å². The third kappa shape index (κ3) is 0.445. The summed E-state index contributed by atoms with van der Waals surface area (Å²) in [4.78, 5) is 10.2. The van der Waals surface area contributed by atoms with Crippen molar-refractivity contribution in [3.05, 3.63) is 11.8 Å². The Balaban J connectivity index is 2.75. The Kier molecular flexibility index (Phi) is 0.710. The average molecular weight is 95.9 g/mol. The molecule has 0 fully saturated rings. The minimum Gasteiger partial charge on any atom is -0.512 e. The number of hydrogen-bond donors (Lipinski definition) is 1. The first-order valence-corrected chi connectivity index (χ1v) is 2.16. The summed E-state index contributed by atoms with van der Waals surface area (Å²) >= 11 is 0. The van der Waals surface area contributed by atoms with Gasteiger partial charge in [-0.2, -0.15) is 0 Å². The van der Waals surface area contributed by atoms with Gasteiger partial charge in [-0.25, -0.2) is 0 Å². The molecule has 0 heterocycles. The van der Waals surface area contributed by atoms with Gasteiger partial charge in [0.15, 0.2) is 5.78 Å². The van der Waals surface area contributed by atoms with Gasteiger partial charge in [-0.05, 0) is 0 Å². The highest BCUT2D eigenvalue weighted by Crippen LogP contribution is 2.21. The predicted molar refractivity (Wildman–Crippen MR) is 28.0 cm³/mol. The molecular formula is C4H5BO2.